The summed E-state index contributed by atoms with van der Waals surface area (Å²) < 4.78 is 5.36. The van der Waals surface area contributed by atoms with Gasteiger partial charge in [0.1, 0.15) is 6.04 Å². The highest BCUT2D eigenvalue weighted by Crippen LogP contribution is 2.13. The Balaban J connectivity index is 2.68. The number of rotatable bonds is 7. The van der Waals surface area contributed by atoms with Gasteiger partial charge in [0.25, 0.3) is 0 Å². The van der Waals surface area contributed by atoms with Gasteiger partial charge >= 0.3 is 0 Å². The summed E-state index contributed by atoms with van der Waals surface area (Å²) in [5.41, 5.74) is 6.31. The van der Waals surface area contributed by atoms with Crippen LogP contribution in [0.3, 0.4) is 0 Å². The average Bonchev–Trinajstić information content (AvgIpc) is 2.35. The molecule has 0 aliphatic rings. The molecule has 4 nitrogen and oxygen atoms in total. The third-order valence-corrected chi connectivity index (χ3v) is 2.99. The minimum atomic E-state index is -0.470. The Labute approximate surface area is 109 Å². The number of methoxy groups -OCH3 is 1. The summed E-state index contributed by atoms with van der Waals surface area (Å²) in [6.07, 6.45) is 0.0653. The number of benzene rings is 1. The topological polar surface area (TPSA) is 64.3 Å². The van der Waals surface area contributed by atoms with E-state index in [0.717, 1.165) is 5.56 Å². The Morgan fingerprint density at radius 1 is 1.33 bits per heavy atom. The summed E-state index contributed by atoms with van der Waals surface area (Å²) >= 11 is 0. The van der Waals surface area contributed by atoms with Crippen LogP contribution < -0.4 is 11.1 Å². The van der Waals surface area contributed by atoms with Crippen molar-refractivity contribution in [3.05, 3.63) is 35.9 Å². The smallest absolute Gasteiger partial charge is 0.239 e. The number of ether oxygens (including phenoxy) is 1. The molecule has 18 heavy (non-hydrogen) atoms. The quantitative estimate of drug-likeness (QED) is 0.770. The molecule has 1 aromatic rings. The molecular formula is C14H22N2O2. The molecule has 0 bridgehead atoms. The standard InChI is InChI=1S/C14H22N2O2/c1-10(2)12(18-3)9-16-13(14(15)17)11-7-5-4-6-8-11/h4-8,10,12-13,16H,9H2,1-3H3,(H2,15,17). The van der Waals surface area contributed by atoms with Crippen LogP contribution in [0.15, 0.2) is 30.3 Å². The third-order valence-electron chi connectivity index (χ3n) is 2.99. The van der Waals surface area contributed by atoms with Gasteiger partial charge in [0.15, 0.2) is 0 Å². The lowest BCUT2D eigenvalue weighted by Gasteiger charge is -2.23. The van der Waals surface area contributed by atoms with E-state index in [1.54, 1.807) is 7.11 Å². The van der Waals surface area contributed by atoms with Gasteiger partial charge in [-0.05, 0) is 11.5 Å². The van der Waals surface area contributed by atoms with Crippen LogP contribution in [0, 0.1) is 5.92 Å². The molecule has 1 rings (SSSR count). The number of hydrogen-bond donors (Lipinski definition) is 2. The molecule has 4 heteroatoms. The van der Waals surface area contributed by atoms with E-state index in [-0.39, 0.29) is 12.0 Å². The second-order valence-corrected chi connectivity index (χ2v) is 4.67. The Morgan fingerprint density at radius 2 is 1.94 bits per heavy atom. The fourth-order valence-corrected chi connectivity index (χ4v) is 1.85. The summed E-state index contributed by atoms with van der Waals surface area (Å²) in [7, 11) is 1.67. The normalized spacial score (nSPS) is 14.4. The van der Waals surface area contributed by atoms with Crippen molar-refractivity contribution in [2.45, 2.75) is 26.0 Å². The summed E-state index contributed by atoms with van der Waals surface area (Å²) in [5.74, 6) is 0.00612. The Hall–Kier alpha value is -1.39. The van der Waals surface area contributed by atoms with Crippen LogP contribution in [-0.4, -0.2) is 25.7 Å². The predicted molar refractivity (Wildman–Crippen MR) is 72.0 cm³/mol. The van der Waals surface area contributed by atoms with Crippen LogP contribution in [0.1, 0.15) is 25.5 Å². The van der Waals surface area contributed by atoms with Crippen molar-refractivity contribution in [3.8, 4) is 0 Å². The summed E-state index contributed by atoms with van der Waals surface area (Å²) in [5, 5.41) is 3.17. The van der Waals surface area contributed by atoms with Gasteiger partial charge in [-0.25, -0.2) is 0 Å². The first-order valence-electron chi connectivity index (χ1n) is 6.16. The van der Waals surface area contributed by atoms with Crippen LogP contribution in [0.2, 0.25) is 0 Å². The second-order valence-electron chi connectivity index (χ2n) is 4.67. The van der Waals surface area contributed by atoms with Gasteiger partial charge in [-0.1, -0.05) is 44.2 Å². The zero-order valence-electron chi connectivity index (χ0n) is 11.2. The van der Waals surface area contributed by atoms with E-state index in [1.165, 1.54) is 0 Å². The highest BCUT2D eigenvalue weighted by Gasteiger charge is 2.20. The molecule has 1 aromatic carbocycles. The zero-order chi connectivity index (χ0) is 13.5. The zero-order valence-corrected chi connectivity index (χ0v) is 11.2. The number of nitrogens with two attached hydrogens (primary N) is 1. The van der Waals surface area contributed by atoms with Crippen molar-refractivity contribution in [1.82, 2.24) is 5.32 Å². The van der Waals surface area contributed by atoms with Crippen molar-refractivity contribution in [1.29, 1.82) is 0 Å². The van der Waals surface area contributed by atoms with Gasteiger partial charge in [-0.3, -0.25) is 10.1 Å². The van der Waals surface area contributed by atoms with Gasteiger partial charge in [0.2, 0.25) is 5.91 Å². The Bertz CT molecular complexity index is 365. The second kappa shape index (κ2) is 7.13. The lowest BCUT2D eigenvalue weighted by atomic mass is 10.0. The van der Waals surface area contributed by atoms with E-state index in [9.17, 15) is 4.79 Å². The molecule has 0 spiro atoms. The van der Waals surface area contributed by atoms with E-state index in [2.05, 4.69) is 19.2 Å². The van der Waals surface area contributed by atoms with Crippen molar-refractivity contribution >= 4 is 5.91 Å². The number of hydrogen-bond acceptors (Lipinski definition) is 3. The molecule has 0 fully saturated rings. The molecule has 3 N–H and O–H groups in total. The average molecular weight is 250 g/mol. The minimum absolute atomic E-state index is 0.0653. The number of amides is 1. The predicted octanol–water partition coefficient (Wildman–Crippen LogP) is 1.47. The molecule has 2 atom stereocenters. The van der Waals surface area contributed by atoms with Crippen LogP contribution in [-0.2, 0) is 9.53 Å². The molecule has 0 aliphatic carbocycles. The van der Waals surface area contributed by atoms with Crippen LogP contribution in [0.5, 0.6) is 0 Å². The fraction of sp³-hybridized carbons (Fsp3) is 0.500. The van der Waals surface area contributed by atoms with Gasteiger partial charge in [0.05, 0.1) is 6.10 Å². The van der Waals surface area contributed by atoms with E-state index in [4.69, 9.17) is 10.5 Å². The van der Waals surface area contributed by atoms with E-state index in [0.29, 0.717) is 12.5 Å². The third kappa shape index (κ3) is 4.13. The molecule has 0 saturated heterocycles. The van der Waals surface area contributed by atoms with Crippen molar-refractivity contribution in [2.24, 2.45) is 11.7 Å². The molecule has 0 aromatic heterocycles. The maximum Gasteiger partial charge on any atom is 0.239 e. The SMILES string of the molecule is COC(CNC(C(N)=O)c1ccccc1)C(C)C. The van der Waals surface area contributed by atoms with Crippen LogP contribution in [0.4, 0.5) is 0 Å². The van der Waals surface area contributed by atoms with Gasteiger partial charge in [0, 0.05) is 13.7 Å². The fourth-order valence-electron chi connectivity index (χ4n) is 1.85. The molecule has 0 saturated carbocycles. The van der Waals surface area contributed by atoms with Gasteiger partial charge in [-0.15, -0.1) is 0 Å². The summed E-state index contributed by atoms with van der Waals surface area (Å²) in [6, 6.07) is 9.00. The minimum Gasteiger partial charge on any atom is -0.380 e. The molecule has 0 aliphatic heterocycles. The number of primary amides is 1. The van der Waals surface area contributed by atoms with Crippen LogP contribution >= 0.6 is 0 Å². The monoisotopic (exact) mass is 250 g/mol. The first-order valence-corrected chi connectivity index (χ1v) is 6.16. The molecule has 100 valence electrons. The van der Waals surface area contributed by atoms with Crippen molar-refractivity contribution < 1.29 is 9.53 Å². The molecule has 0 heterocycles. The molecular weight excluding hydrogens is 228 g/mol. The van der Waals surface area contributed by atoms with Gasteiger partial charge in [-0.2, -0.15) is 0 Å². The van der Waals surface area contributed by atoms with E-state index < -0.39 is 6.04 Å². The van der Waals surface area contributed by atoms with Gasteiger partial charge < -0.3 is 10.5 Å². The number of nitrogens with one attached hydrogen (secondary N) is 1. The molecule has 1 amide bonds. The van der Waals surface area contributed by atoms with E-state index in [1.807, 2.05) is 30.3 Å². The Morgan fingerprint density at radius 3 is 2.39 bits per heavy atom. The molecule has 0 radical (unpaired) electrons. The highest BCUT2D eigenvalue weighted by molar-refractivity contribution is 5.81. The van der Waals surface area contributed by atoms with Crippen LogP contribution in [0.25, 0.3) is 0 Å². The number of carbonyl (C=O) groups excluding carboxylic acids is 1. The maximum atomic E-state index is 11.5. The first-order chi connectivity index (χ1) is 8.56. The summed E-state index contributed by atoms with van der Waals surface area (Å²) in [4.78, 5) is 11.5. The first kappa shape index (κ1) is 14.7. The highest BCUT2D eigenvalue weighted by atomic mass is 16.5. The molecule has 2 unspecified atom stereocenters. The largest absolute Gasteiger partial charge is 0.380 e. The lowest BCUT2D eigenvalue weighted by Crippen LogP contribution is -2.40. The summed E-state index contributed by atoms with van der Waals surface area (Å²) in [6.45, 7) is 4.76. The van der Waals surface area contributed by atoms with Crippen molar-refractivity contribution in [2.75, 3.05) is 13.7 Å². The lowest BCUT2D eigenvalue weighted by molar-refractivity contribution is -0.120. The Kier molecular flexibility index (Phi) is 5.82. The number of carbonyl (C=O) groups is 1. The van der Waals surface area contributed by atoms with E-state index >= 15 is 0 Å². The maximum absolute atomic E-state index is 11.5. The van der Waals surface area contributed by atoms with Crippen molar-refractivity contribution in [3.63, 3.8) is 0 Å².